The minimum atomic E-state index is -1.02. The van der Waals surface area contributed by atoms with Crippen LogP contribution in [-0.2, 0) is 0 Å². The van der Waals surface area contributed by atoms with Crippen LogP contribution in [0.3, 0.4) is 0 Å². The maximum atomic E-state index is 10.8. The smallest absolute Gasteiger partial charge is 0.337 e. The average Bonchev–Trinajstić information content (AvgIpc) is 2.84. The number of aromatic carboxylic acids is 1. The third-order valence-electron chi connectivity index (χ3n) is 3.57. The Labute approximate surface area is 112 Å². The van der Waals surface area contributed by atoms with Gasteiger partial charge in [-0.2, -0.15) is 0 Å². The predicted octanol–water partition coefficient (Wildman–Crippen LogP) is 1.26. The maximum absolute atomic E-state index is 10.8. The Morgan fingerprint density at radius 1 is 1.68 bits per heavy atom. The number of rotatable bonds is 5. The van der Waals surface area contributed by atoms with Gasteiger partial charge in [0.25, 0.3) is 0 Å². The average molecular weight is 264 g/mol. The number of nitrogens with zero attached hydrogens (tertiary/aromatic N) is 2. The summed E-state index contributed by atoms with van der Waals surface area (Å²) < 4.78 is 0. The fraction of sp³-hybridized carbons (Fsp3) is 0.538. The monoisotopic (exact) mass is 264 g/mol. The van der Waals surface area contributed by atoms with E-state index in [0.29, 0.717) is 17.5 Å². The van der Waals surface area contributed by atoms with Gasteiger partial charge in [0.2, 0.25) is 0 Å². The number of aromatic nitrogens is 1. The molecule has 0 amide bonds. The van der Waals surface area contributed by atoms with Crippen molar-refractivity contribution in [1.82, 2.24) is 9.88 Å². The summed E-state index contributed by atoms with van der Waals surface area (Å²) in [5.41, 5.74) is 6.30. The SMILES string of the molecule is CCN1CCCC1CNc1ncc(C(=O)O)cc1N. The van der Waals surface area contributed by atoms with Crippen molar-refractivity contribution in [3.05, 3.63) is 17.8 Å². The molecule has 0 aromatic carbocycles. The molecule has 0 saturated carbocycles. The molecule has 1 aromatic rings. The van der Waals surface area contributed by atoms with Crippen molar-refractivity contribution in [2.75, 3.05) is 30.7 Å². The molecule has 19 heavy (non-hydrogen) atoms. The number of carbonyl (C=O) groups is 1. The van der Waals surface area contributed by atoms with E-state index in [4.69, 9.17) is 10.8 Å². The van der Waals surface area contributed by atoms with E-state index in [1.54, 1.807) is 0 Å². The van der Waals surface area contributed by atoms with Crippen molar-refractivity contribution in [3.8, 4) is 0 Å². The highest BCUT2D eigenvalue weighted by Crippen LogP contribution is 2.20. The second-order valence-corrected chi connectivity index (χ2v) is 4.77. The van der Waals surface area contributed by atoms with Crippen LogP contribution in [0.4, 0.5) is 11.5 Å². The standard InChI is InChI=1S/C13H20N4O2/c1-2-17-5-3-4-10(17)8-16-12-11(14)6-9(7-15-12)13(18)19/h6-7,10H,2-5,8,14H2,1H3,(H,15,16)(H,18,19). The first-order valence-electron chi connectivity index (χ1n) is 6.58. The highest BCUT2D eigenvalue weighted by atomic mass is 16.4. The Bertz CT molecular complexity index is 464. The first-order chi connectivity index (χ1) is 9.11. The van der Waals surface area contributed by atoms with Crippen LogP contribution in [0.15, 0.2) is 12.3 Å². The number of hydrogen-bond acceptors (Lipinski definition) is 5. The van der Waals surface area contributed by atoms with E-state index >= 15 is 0 Å². The van der Waals surface area contributed by atoms with Crippen molar-refractivity contribution in [3.63, 3.8) is 0 Å². The van der Waals surface area contributed by atoms with Crippen molar-refractivity contribution in [2.45, 2.75) is 25.8 Å². The molecule has 104 valence electrons. The summed E-state index contributed by atoms with van der Waals surface area (Å²) in [5.74, 6) is -0.452. The fourth-order valence-electron chi connectivity index (χ4n) is 2.50. The Balaban J connectivity index is 1.98. The minimum absolute atomic E-state index is 0.110. The van der Waals surface area contributed by atoms with Gasteiger partial charge >= 0.3 is 5.97 Å². The maximum Gasteiger partial charge on any atom is 0.337 e. The van der Waals surface area contributed by atoms with Gasteiger partial charge in [0.05, 0.1) is 11.3 Å². The zero-order chi connectivity index (χ0) is 13.8. The fourth-order valence-corrected chi connectivity index (χ4v) is 2.50. The van der Waals surface area contributed by atoms with Crippen LogP contribution in [0.25, 0.3) is 0 Å². The van der Waals surface area contributed by atoms with Gasteiger partial charge in [0.15, 0.2) is 0 Å². The second kappa shape index (κ2) is 5.88. The van der Waals surface area contributed by atoms with Crippen LogP contribution in [0.5, 0.6) is 0 Å². The van der Waals surface area contributed by atoms with Crippen LogP contribution in [-0.4, -0.2) is 46.6 Å². The molecule has 0 bridgehead atoms. The Morgan fingerprint density at radius 2 is 2.47 bits per heavy atom. The molecule has 1 atom stereocenters. The molecule has 0 spiro atoms. The molecule has 6 heteroatoms. The van der Waals surface area contributed by atoms with E-state index in [0.717, 1.165) is 19.6 Å². The van der Waals surface area contributed by atoms with Gasteiger partial charge in [0, 0.05) is 18.8 Å². The Hall–Kier alpha value is -1.82. The molecule has 1 unspecified atom stereocenters. The number of nitrogen functional groups attached to an aromatic ring is 1. The van der Waals surface area contributed by atoms with Gasteiger partial charge in [-0.05, 0) is 32.0 Å². The van der Waals surface area contributed by atoms with Crippen LogP contribution in [0, 0.1) is 0 Å². The van der Waals surface area contributed by atoms with E-state index in [2.05, 4.69) is 22.1 Å². The van der Waals surface area contributed by atoms with E-state index in [-0.39, 0.29) is 5.56 Å². The number of nitrogens with one attached hydrogen (secondary N) is 1. The van der Waals surface area contributed by atoms with E-state index < -0.39 is 5.97 Å². The normalized spacial score (nSPS) is 19.5. The molecule has 0 radical (unpaired) electrons. The highest BCUT2D eigenvalue weighted by molar-refractivity contribution is 5.89. The number of anilines is 2. The predicted molar refractivity (Wildman–Crippen MR) is 74.4 cm³/mol. The molecule has 0 aliphatic carbocycles. The molecular weight excluding hydrogens is 244 g/mol. The van der Waals surface area contributed by atoms with Crippen LogP contribution in [0.2, 0.25) is 0 Å². The molecule has 4 N–H and O–H groups in total. The summed E-state index contributed by atoms with van der Waals surface area (Å²) in [4.78, 5) is 17.3. The van der Waals surface area contributed by atoms with Crippen molar-refractivity contribution in [2.24, 2.45) is 0 Å². The van der Waals surface area contributed by atoms with E-state index in [1.165, 1.54) is 25.1 Å². The summed E-state index contributed by atoms with van der Waals surface area (Å²) in [7, 11) is 0. The lowest BCUT2D eigenvalue weighted by molar-refractivity contribution is 0.0696. The zero-order valence-electron chi connectivity index (χ0n) is 11.1. The molecule has 1 fully saturated rings. The van der Waals surface area contributed by atoms with Gasteiger partial charge in [-0.25, -0.2) is 9.78 Å². The number of carboxylic acids is 1. The highest BCUT2D eigenvalue weighted by Gasteiger charge is 2.22. The van der Waals surface area contributed by atoms with E-state index in [9.17, 15) is 4.79 Å². The van der Waals surface area contributed by atoms with Gasteiger partial charge < -0.3 is 16.2 Å². The van der Waals surface area contributed by atoms with Gasteiger partial charge in [-0.3, -0.25) is 4.90 Å². The summed E-state index contributed by atoms with van der Waals surface area (Å²) in [6, 6.07) is 1.94. The third-order valence-corrected chi connectivity index (χ3v) is 3.57. The number of pyridine rings is 1. The zero-order valence-corrected chi connectivity index (χ0v) is 11.1. The summed E-state index contributed by atoms with van der Waals surface area (Å²) in [6.45, 7) is 5.14. The molecule has 1 aromatic heterocycles. The molecule has 2 heterocycles. The number of hydrogen-bond donors (Lipinski definition) is 3. The van der Waals surface area contributed by atoms with Gasteiger partial charge in [-0.1, -0.05) is 6.92 Å². The first kappa shape index (κ1) is 13.6. The van der Waals surface area contributed by atoms with Crippen molar-refractivity contribution >= 4 is 17.5 Å². The van der Waals surface area contributed by atoms with Gasteiger partial charge in [0.1, 0.15) is 5.82 Å². The van der Waals surface area contributed by atoms with Crippen LogP contribution in [0.1, 0.15) is 30.1 Å². The quantitative estimate of drug-likeness (QED) is 0.741. The Morgan fingerprint density at radius 3 is 3.11 bits per heavy atom. The molecule has 1 saturated heterocycles. The van der Waals surface area contributed by atoms with Crippen LogP contribution < -0.4 is 11.1 Å². The first-order valence-corrected chi connectivity index (χ1v) is 6.58. The summed E-state index contributed by atoms with van der Waals surface area (Å²) in [6.07, 6.45) is 3.72. The number of nitrogens with two attached hydrogens (primary N) is 1. The van der Waals surface area contributed by atoms with Gasteiger partial charge in [-0.15, -0.1) is 0 Å². The third kappa shape index (κ3) is 3.14. The minimum Gasteiger partial charge on any atom is -0.478 e. The Kier molecular flexibility index (Phi) is 4.21. The molecule has 1 aliphatic rings. The summed E-state index contributed by atoms with van der Waals surface area (Å²) in [5, 5.41) is 12.1. The molecule has 2 rings (SSSR count). The summed E-state index contributed by atoms with van der Waals surface area (Å²) >= 11 is 0. The number of likely N-dealkylation sites (tertiary alicyclic amines) is 1. The van der Waals surface area contributed by atoms with Crippen molar-refractivity contribution < 1.29 is 9.90 Å². The van der Waals surface area contributed by atoms with Crippen molar-refractivity contribution in [1.29, 1.82) is 0 Å². The molecular formula is C13H20N4O2. The lowest BCUT2D eigenvalue weighted by Gasteiger charge is -2.23. The molecule has 1 aliphatic heterocycles. The molecule has 6 nitrogen and oxygen atoms in total. The van der Waals surface area contributed by atoms with Crippen LogP contribution >= 0.6 is 0 Å². The van der Waals surface area contributed by atoms with E-state index in [1.807, 2.05) is 0 Å². The number of likely N-dealkylation sites (N-methyl/N-ethyl adjacent to an activating group) is 1. The lowest BCUT2D eigenvalue weighted by Crippen LogP contribution is -2.34. The second-order valence-electron chi connectivity index (χ2n) is 4.77. The topological polar surface area (TPSA) is 91.5 Å². The largest absolute Gasteiger partial charge is 0.478 e. The number of carboxylic acid groups (broad SMARTS) is 1. The lowest BCUT2D eigenvalue weighted by atomic mass is 10.2.